The Labute approximate surface area is 117 Å². The molecule has 0 N–H and O–H groups in total. The van der Waals surface area contributed by atoms with Crippen LogP contribution >= 0.6 is 31.9 Å². The summed E-state index contributed by atoms with van der Waals surface area (Å²) < 4.78 is 11.8. The maximum atomic E-state index is 12.3. The Bertz CT molecular complexity index is 393. The average molecular weight is 366 g/mol. The molecule has 0 aromatic heterocycles. The van der Waals surface area contributed by atoms with E-state index in [-0.39, 0.29) is 21.0 Å². The molecule has 0 radical (unpaired) electrons. The quantitative estimate of drug-likeness (QED) is 0.617. The molecule has 1 saturated heterocycles. The molecular weight excluding hydrogens is 352 g/mol. The van der Waals surface area contributed by atoms with Gasteiger partial charge in [0, 0.05) is 11.8 Å². The van der Waals surface area contributed by atoms with Gasteiger partial charge in [0.05, 0.1) is 22.4 Å². The van der Waals surface area contributed by atoms with Gasteiger partial charge in [0.1, 0.15) is 5.78 Å². The fourth-order valence-corrected chi connectivity index (χ4v) is 6.55. The van der Waals surface area contributed by atoms with Crippen molar-refractivity contribution in [2.45, 2.75) is 34.2 Å². The van der Waals surface area contributed by atoms with E-state index >= 15 is 0 Å². The number of hydrogen-bond acceptors (Lipinski definition) is 3. The van der Waals surface area contributed by atoms with Gasteiger partial charge in [-0.1, -0.05) is 31.9 Å². The number of Topliss-reactive ketones (excluding diaryl/α,β-unsaturated/α-hetero) is 1. The van der Waals surface area contributed by atoms with Crippen LogP contribution in [-0.4, -0.2) is 33.9 Å². The van der Waals surface area contributed by atoms with E-state index in [0.717, 1.165) is 19.3 Å². The molecule has 3 aliphatic carbocycles. The minimum Gasteiger partial charge on any atom is -0.346 e. The zero-order valence-corrected chi connectivity index (χ0v) is 12.5. The van der Waals surface area contributed by atoms with Gasteiger partial charge in [0.15, 0.2) is 5.79 Å². The molecule has 0 unspecified atom stereocenters. The third kappa shape index (κ3) is 1.10. The largest absolute Gasteiger partial charge is 0.346 e. The minimum absolute atomic E-state index is 0.0359. The summed E-state index contributed by atoms with van der Waals surface area (Å²) in [7, 11) is 0. The van der Waals surface area contributed by atoms with E-state index in [1.807, 2.05) is 0 Å². The van der Waals surface area contributed by atoms with Crippen LogP contribution < -0.4 is 0 Å². The lowest BCUT2D eigenvalue weighted by Crippen LogP contribution is -2.48. The average Bonchev–Trinajstić information content (AvgIpc) is 2.99. The molecular formula is C12H14Br2O3. The van der Waals surface area contributed by atoms with Crippen LogP contribution in [0.25, 0.3) is 0 Å². The van der Waals surface area contributed by atoms with Crippen molar-refractivity contribution in [3.05, 3.63) is 0 Å². The molecule has 1 aliphatic heterocycles. The van der Waals surface area contributed by atoms with E-state index < -0.39 is 5.79 Å². The van der Waals surface area contributed by atoms with Crippen molar-refractivity contribution in [1.29, 1.82) is 0 Å². The third-order valence-corrected chi connectivity index (χ3v) is 7.52. The molecule has 3 nitrogen and oxygen atoms in total. The Morgan fingerprint density at radius 2 is 1.94 bits per heavy atom. The van der Waals surface area contributed by atoms with Crippen molar-refractivity contribution in [3.63, 3.8) is 0 Å². The van der Waals surface area contributed by atoms with Gasteiger partial charge in [0.2, 0.25) is 0 Å². The van der Waals surface area contributed by atoms with Crippen LogP contribution in [0.5, 0.6) is 0 Å². The first kappa shape index (κ1) is 11.4. The number of ether oxygens (including phenoxy) is 2. The van der Waals surface area contributed by atoms with Gasteiger partial charge in [-0.2, -0.15) is 0 Å². The first-order valence-corrected chi connectivity index (χ1v) is 7.96. The minimum atomic E-state index is -0.509. The van der Waals surface area contributed by atoms with Gasteiger partial charge in [-0.05, 0) is 25.2 Å². The number of hydrogen-bond donors (Lipinski definition) is 0. The predicted octanol–water partition coefficient (Wildman–Crippen LogP) is 2.26. The summed E-state index contributed by atoms with van der Waals surface area (Å²) in [6.45, 7) is 1.32. The number of fused-ring (bicyclic) bond motifs is 3. The molecule has 5 heteroatoms. The van der Waals surface area contributed by atoms with Gasteiger partial charge in [-0.25, -0.2) is 0 Å². The molecule has 3 saturated carbocycles. The zero-order valence-electron chi connectivity index (χ0n) is 9.33. The highest BCUT2D eigenvalue weighted by atomic mass is 79.9. The van der Waals surface area contributed by atoms with Crippen LogP contribution in [0.4, 0.5) is 0 Å². The number of rotatable bonds is 0. The van der Waals surface area contributed by atoms with Crippen molar-refractivity contribution in [2.24, 2.45) is 17.8 Å². The fourth-order valence-electron chi connectivity index (χ4n) is 4.62. The van der Waals surface area contributed by atoms with Crippen molar-refractivity contribution >= 4 is 37.6 Å². The highest BCUT2D eigenvalue weighted by Gasteiger charge is 2.78. The second-order valence-electron chi connectivity index (χ2n) is 5.61. The SMILES string of the molecule is O=C1[C@@H]2[C@H]3CC[C@](Br)([C@H]2C[C@H]1Br)C31OCCO1. The van der Waals surface area contributed by atoms with E-state index in [1.54, 1.807) is 0 Å². The Morgan fingerprint density at radius 3 is 2.59 bits per heavy atom. The van der Waals surface area contributed by atoms with Crippen LogP contribution in [0.15, 0.2) is 0 Å². The first-order chi connectivity index (χ1) is 8.10. The molecule has 0 amide bonds. The summed E-state index contributed by atoms with van der Waals surface area (Å²) in [5.74, 6) is 0.608. The Morgan fingerprint density at radius 1 is 1.24 bits per heavy atom. The van der Waals surface area contributed by atoms with Gasteiger partial charge < -0.3 is 9.47 Å². The molecule has 5 atom stereocenters. The number of halogens is 2. The molecule has 0 aromatic rings. The van der Waals surface area contributed by atoms with E-state index in [2.05, 4.69) is 31.9 Å². The summed E-state index contributed by atoms with van der Waals surface area (Å²) in [6.07, 6.45) is 3.02. The van der Waals surface area contributed by atoms with Gasteiger partial charge in [-0.15, -0.1) is 0 Å². The van der Waals surface area contributed by atoms with E-state index in [0.29, 0.717) is 24.9 Å². The summed E-state index contributed by atoms with van der Waals surface area (Å²) in [6, 6.07) is 0. The van der Waals surface area contributed by atoms with Crippen LogP contribution in [0.2, 0.25) is 0 Å². The first-order valence-electron chi connectivity index (χ1n) is 6.25. The fraction of sp³-hybridized carbons (Fsp3) is 0.917. The highest BCUT2D eigenvalue weighted by molar-refractivity contribution is 9.10. The summed E-state index contributed by atoms with van der Waals surface area (Å²) in [5, 5.41) is 0. The second-order valence-corrected chi connectivity index (χ2v) is 8.13. The third-order valence-electron chi connectivity index (χ3n) is 5.16. The summed E-state index contributed by atoms with van der Waals surface area (Å²) in [5.41, 5.74) is 0. The second kappa shape index (κ2) is 3.35. The van der Waals surface area contributed by atoms with Crippen LogP contribution in [0, 0.1) is 17.8 Å². The predicted molar refractivity (Wildman–Crippen MR) is 68.3 cm³/mol. The molecule has 1 spiro atoms. The Hall–Kier alpha value is 0.550. The van der Waals surface area contributed by atoms with E-state index in [1.165, 1.54) is 0 Å². The lowest BCUT2D eigenvalue weighted by atomic mass is 9.81. The number of alkyl halides is 2. The van der Waals surface area contributed by atoms with Crippen molar-refractivity contribution in [2.75, 3.05) is 13.2 Å². The van der Waals surface area contributed by atoms with Gasteiger partial charge >= 0.3 is 0 Å². The number of carbonyl (C=O) groups is 1. The van der Waals surface area contributed by atoms with Crippen molar-refractivity contribution in [1.82, 2.24) is 0 Å². The van der Waals surface area contributed by atoms with Gasteiger partial charge in [-0.3, -0.25) is 4.79 Å². The lowest BCUT2D eigenvalue weighted by molar-refractivity contribution is -0.184. The molecule has 17 heavy (non-hydrogen) atoms. The molecule has 4 fully saturated rings. The normalized spacial score (nSPS) is 54.8. The van der Waals surface area contributed by atoms with E-state index in [4.69, 9.17) is 9.47 Å². The zero-order chi connectivity index (χ0) is 11.8. The number of carbonyl (C=O) groups excluding carboxylic acids is 1. The molecule has 0 aromatic carbocycles. The lowest BCUT2D eigenvalue weighted by Gasteiger charge is -2.37. The molecule has 1 heterocycles. The number of ketones is 1. The van der Waals surface area contributed by atoms with Crippen LogP contribution in [-0.2, 0) is 14.3 Å². The monoisotopic (exact) mass is 364 g/mol. The molecule has 2 bridgehead atoms. The molecule has 94 valence electrons. The van der Waals surface area contributed by atoms with Crippen molar-refractivity contribution < 1.29 is 14.3 Å². The standard InChI is InChI=1S/C12H14Br2O3/c13-8-5-7-9(10(8)15)6-1-2-11(7,14)12(6)16-3-4-17-12/h6-9H,1-5H2/t6-,7+,8-,9-,11+/m1/s1. The maximum Gasteiger partial charge on any atom is 0.187 e. The van der Waals surface area contributed by atoms with Crippen molar-refractivity contribution in [3.8, 4) is 0 Å². The molecule has 4 rings (SSSR count). The summed E-state index contributed by atoms with van der Waals surface area (Å²) >= 11 is 7.42. The topological polar surface area (TPSA) is 35.5 Å². The van der Waals surface area contributed by atoms with Crippen LogP contribution in [0.3, 0.4) is 0 Å². The van der Waals surface area contributed by atoms with Crippen LogP contribution in [0.1, 0.15) is 19.3 Å². The summed E-state index contributed by atoms with van der Waals surface area (Å²) in [4.78, 5) is 12.3. The smallest absolute Gasteiger partial charge is 0.187 e. The highest BCUT2D eigenvalue weighted by Crippen LogP contribution is 2.71. The Kier molecular flexibility index (Phi) is 2.24. The van der Waals surface area contributed by atoms with E-state index in [9.17, 15) is 4.79 Å². The van der Waals surface area contributed by atoms with Gasteiger partial charge in [0.25, 0.3) is 0 Å². The maximum absolute atomic E-state index is 12.3. The Balaban J connectivity index is 1.83. The molecule has 4 aliphatic rings.